The van der Waals surface area contributed by atoms with Crippen molar-refractivity contribution in [2.45, 2.75) is 264 Å². The fraction of sp³-hybridized carbons (Fsp3) is 0.915. The van der Waals surface area contributed by atoms with E-state index in [1.165, 1.54) is 167 Å². The molecule has 1 amide bonds. The Balaban J connectivity index is 3.44. The number of allylic oxidation sites excluding steroid dienone is 1. The zero-order valence-corrected chi connectivity index (χ0v) is 35.5. The number of aliphatic hydroxyl groups excluding tert-OH is 2. The van der Waals surface area contributed by atoms with Gasteiger partial charge in [-0.15, -0.1) is 0 Å². The van der Waals surface area contributed by atoms with Crippen LogP contribution in [0.4, 0.5) is 0 Å². The van der Waals surface area contributed by atoms with Crippen molar-refractivity contribution in [1.29, 1.82) is 0 Å². The van der Waals surface area contributed by atoms with Gasteiger partial charge in [-0.1, -0.05) is 219 Å². The van der Waals surface area contributed by atoms with Crippen molar-refractivity contribution >= 4 is 11.9 Å². The number of rotatable bonds is 43. The Bertz CT molecular complexity index is 787. The number of nitrogens with one attached hydrogen (secondary N) is 1. The molecule has 0 aliphatic heterocycles. The maximum Gasteiger partial charge on any atom is 0.305 e. The standard InChI is InChI=1S/C47H91NO5/c1-3-5-7-9-11-13-14-15-16-17-21-25-29-33-37-41-47(52)53-42-38-34-30-26-22-19-18-20-24-28-32-36-40-46(51)48-44(43-49)45(50)39-35-31-27-23-12-10-8-6-4-2/h35,39,44-45,49-50H,3-34,36-38,40-43H2,1-2H3,(H,48,51)/b39-35+. The van der Waals surface area contributed by atoms with E-state index in [0.29, 0.717) is 19.4 Å². The van der Waals surface area contributed by atoms with Crippen LogP contribution >= 0.6 is 0 Å². The molecule has 0 heterocycles. The second-order valence-corrected chi connectivity index (χ2v) is 16.1. The lowest BCUT2D eigenvalue weighted by molar-refractivity contribution is -0.143. The van der Waals surface area contributed by atoms with Crippen LogP contribution in [0.25, 0.3) is 0 Å². The summed E-state index contributed by atoms with van der Waals surface area (Å²) in [7, 11) is 0. The first-order chi connectivity index (χ1) is 26.0. The predicted octanol–water partition coefficient (Wildman–Crippen LogP) is 13.4. The summed E-state index contributed by atoms with van der Waals surface area (Å²) in [5.41, 5.74) is 0. The third-order valence-corrected chi connectivity index (χ3v) is 10.8. The number of carbonyl (C=O) groups excluding carboxylic acids is 2. The number of aliphatic hydroxyl groups is 2. The fourth-order valence-electron chi connectivity index (χ4n) is 7.16. The van der Waals surface area contributed by atoms with Gasteiger partial charge in [-0.05, 0) is 32.1 Å². The lowest BCUT2D eigenvalue weighted by atomic mass is 10.0. The summed E-state index contributed by atoms with van der Waals surface area (Å²) in [6.45, 7) is 4.84. The Labute approximate surface area is 329 Å². The lowest BCUT2D eigenvalue weighted by Crippen LogP contribution is -2.45. The number of hydrogen-bond donors (Lipinski definition) is 3. The molecule has 0 spiro atoms. The van der Waals surface area contributed by atoms with Crippen LogP contribution in [0, 0.1) is 0 Å². The minimum absolute atomic E-state index is 0.00870. The summed E-state index contributed by atoms with van der Waals surface area (Å²) in [6.07, 6.45) is 47.7. The van der Waals surface area contributed by atoms with Crippen molar-refractivity contribution in [3.63, 3.8) is 0 Å². The van der Waals surface area contributed by atoms with Crippen molar-refractivity contribution < 1.29 is 24.5 Å². The molecule has 0 saturated heterocycles. The van der Waals surface area contributed by atoms with E-state index in [0.717, 1.165) is 57.8 Å². The van der Waals surface area contributed by atoms with Crippen LogP contribution in [0.15, 0.2) is 12.2 Å². The molecule has 0 aromatic rings. The number of amides is 1. The third-order valence-electron chi connectivity index (χ3n) is 10.8. The summed E-state index contributed by atoms with van der Waals surface area (Å²) in [5.74, 6) is -0.0947. The molecular weight excluding hydrogens is 659 g/mol. The van der Waals surface area contributed by atoms with Crippen LogP contribution in [-0.4, -0.2) is 47.4 Å². The SMILES string of the molecule is CCCCCCCCC/C=C/C(O)C(CO)NC(=O)CCCCCCCCCCCCCCOC(=O)CCCCCCCCCCCCCCCCC. The van der Waals surface area contributed by atoms with Crippen LogP contribution in [-0.2, 0) is 14.3 Å². The number of ether oxygens (including phenoxy) is 1. The predicted molar refractivity (Wildman–Crippen MR) is 227 cm³/mol. The van der Waals surface area contributed by atoms with Gasteiger partial charge in [0.1, 0.15) is 0 Å². The number of esters is 1. The second kappa shape index (κ2) is 43.3. The third kappa shape index (κ3) is 40.1. The Hall–Kier alpha value is -1.40. The summed E-state index contributed by atoms with van der Waals surface area (Å²) in [4.78, 5) is 24.4. The molecule has 6 nitrogen and oxygen atoms in total. The molecule has 0 saturated carbocycles. The van der Waals surface area contributed by atoms with Crippen molar-refractivity contribution in [3.8, 4) is 0 Å². The average molecular weight is 750 g/mol. The molecule has 2 unspecified atom stereocenters. The van der Waals surface area contributed by atoms with Crippen molar-refractivity contribution in [2.24, 2.45) is 0 Å². The van der Waals surface area contributed by atoms with E-state index in [4.69, 9.17) is 4.74 Å². The van der Waals surface area contributed by atoms with E-state index in [9.17, 15) is 19.8 Å². The summed E-state index contributed by atoms with van der Waals surface area (Å²) >= 11 is 0. The zero-order chi connectivity index (χ0) is 38.7. The molecule has 0 aromatic heterocycles. The normalized spacial score (nSPS) is 12.8. The molecule has 0 aliphatic rings. The van der Waals surface area contributed by atoms with E-state index >= 15 is 0 Å². The van der Waals surface area contributed by atoms with E-state index in [1.54, 1.807) is 6.08 Å². The van der Waals surface area contributed by atoms with E-state index < -0.39 is 12.1 Å². The zero-order valence-electron chi connectivity index (χ0n) is 35.5. The fourth-order valence-corrected chi connectivity index (χ4v) is 7.16. The highest BCUT2D eigenvalue weighted by atomic mass is 16.5. The molecule has 0 aromatic carbocycles. The Morgan fingerprint density at radius 2 is 0.868 bits per heavy atom. The Morgan fingerprint density at radius 1 is 0.509 bits per heavy atom. The number of hydrogen-bond acceptors (Lipinski definition) is 5. The van der Waals surface area contributed by atoms with Gasteiger partial charge in [0.05, 0.1) is 25.4 Å². The van der Waals surface area contributed by atoms with Crippen LogP contribution in [0.1, 0.15) is 251 Å². The van der Waals surface area contributed by atoms with Crippen LogP contribution in [0.2, 0.25) is 0 Å². The largest absolute Gasteiger partial charge is 0.466 e. The number of unbranched alkanes of at least 4 members (excludes halogenated alkanes) is 32. The topological polar surface area (TPSA) is 95.9 Å². The van der Waals surface area contributed by atoms with Gasteiger partial charge in [-0.2, -0.15) is 0 Å². The first-order valence-corrected chi connectivity index (χ1v) is 23.5. The van der Waals surface area contributed by atoms with Crippen molar-refractivity contribution in [1.82, 2.24) is 5.32 Å². The van der Waals surface area contributed by atoms with Gasteiger partial charge < -0.3 is 20.3 Å². The molecule has 0 rings (SSSR count). The maximum absolute atomic E-state index is 12.3. The molecule has 0 fully saturated rings. The summed E-state index contributed by atoms with van der Waals surface area (Å²) in [6, 6.07) is -0.635. The maximum atomic E-state index is 12.3. The Kier molecular flexibility index (Phi) is 42.2. The van der Waals surface area contributed by atoms with Gasteiger partial charge in [0.2, 0.25) is 5.91 Å². The van der Waals surface area contributed by atoms with Gasteiger partial charge in [0.15, 0.2) is 0 Å². The van der Waals surface area contributed by atoms with E-state index in [2.05, 4.69) is 19.2 Å². The highest BCUT2D eigenvalue weighted by molar-refractivity contribution is 5.76. The minimum Gasteiger partial charge on any atom is -0.466 e. The summed E-state index contributed by atoms with van der Waals surface area (Å²) < 4.78 is 5.45. The van der Waals surface area contributed by atoms with Crippen LogP contribution in [0.5, 0.6) is 0 Å². The molecule has 314 valence electrons. The molecule has 0 radical (unpaired) electrons. The smallest absolute Gasteiger partial charge is 0.305 e. The summed E-state index contributed by atoms with van der Waals surface area (Å²) in [5, 5.41) is 22.8. The first-order valence-electron chi connectivity index (χ1n) is 23.5. The molecule has 53 heavy (non-hydrogen) atoms. The van der Waals surface area contributed by atoms with Gasteiger partial charge in [0, 0.05) is 12.8 Å². The molecule has 3 N–H and O–H groups in total. The molecule has 0 aliphatic carbocycles. The quantitative estimate of drug-likeness (QED) is 0.0328. The molecular formula is C47H91NO5. The van der Waals surface area contributed by atoms with Gasteiger partial charge in [-0.3, -0.25) is 9.59 Å². The molecule has 2 atom stereocenters. The molecule has 0 bridgehead atoms. The van der Waals surface area contributed by atoms with E-state index in [1.807, 2.05) is 6.08 Å². The second-order valence-electron chi connectivity index (χ2n) is 16.1. The van der Waals surface area contributed by atoms with Gasteiger partial charge in [-0.25, -0.2) is 0 Å². The lowest BCUT2D eigenvalue weighted by Gasteiger charge is -2.20. The highest BCUT2D eigenvalue weighted by Crippen LogP contribution is 2.16. The van der Waals surface area contributed by atoms with Crippen LogP contribution < -0.4 is 5.32 Å². The average Bonchev–Trinajstić information content (AvgIpc) is 3.16. The van der Waals surface area contributed by atoms with E-state index in [-0.39, 0.29) is 18.5 Å². The first kappa shape index (κ1) is 51.6. The number of carbonyl (C=O) groups is 2. The minimum atomic E-state index is -0.850. The van der Waals surface area contributed by atoms with Crippen LogP contribution in [0.3, 0.4) is 0 Å². The Morgan fingerprint density at radius 3 is 1.28 bits per heavy atom. The molecule has 6 heteroatoms. The monoisotopic (exact) mass is 750 g/mol. The van der Waals surface area contributed by atoms with Gasteiger partial charge in [0.25, 0.3) is 0 Å². The van der Waals surface area contributed by atoms with Crippen molar-refractivity contribution in [2.75, 3.05) is 13.2 Å². The van der Waals surface area contributed by atoms with Gasteiger partial charge >= 0.3 is 5.97 Å². The van der Waals surface area contributed by atoms with Crippen molar-refractivity contribution in [3.05, 3.63) is 12.2 Å². The highest BCUT2D eigenvalue weighted by Gasteiger charge is 2.18.